The maximum absolute atomic E-state index is 12.5. The number of carbonyl (C=O) groups excluding carboxylic acids is 3. The maximum atomic E-state index is 12.5. The molecule has 0 bridgehead atoms. The fourth-order valence-electron chi connectivity index (χ4n) is 3.11. The Bertz CT molecular complexity index is 1070. The molecule has 0 radical (unpaired) electrons. The first-order valence-corrected chi connectivity index (χ1v) is 9.11. The van der Waals surface area contributed by atoms with Crippen LogP contribution in [0.5, 0.6) is 11.5 Å². The lowest BCUT2D eigenvalue weighted by molar-refractivity contribution is -0.116. The average Bonchev–Trinajstić information content (AvgIpc) is 2.96. The van der Waals surface area contributed by atoms with E-state index in [2.05, 4.69) is 5.32 Å². The smallest absolute Gasteiger partial charge is 0.262 e. The molecule has 1 N–H and O–H groups in total. The van der Waals surface area contributed by atoms with Crippen LogP contribution in [0.4, 0.5) is 5.69 Å². The predicted molar refractivity (Wildman–Crippen MR) is 108 cm³/mol. The molecular weight excluding hydrogens is 368 g/mol. The molecule has 0 saturated carbocycles. The van der Waals surface area contributed by atoms with Gasteiger partial charge in [0, 0.05) is 0 Å². The number of fused-ring (bicyclic) bond motifs is 1. The minimum atomic E-state index is -0.487. The Balaban J connectivity index is 1.48. The van der Waals surface area contributed by atoms with Crippen molar-refractivity contribution in [2.24, 2.45) is 0 Å². The summed E-state index contributed by atoms with van der Waals surface area (Å²) >= 11 is 0. The summed E-state index contributed by atoms with van der Waals surface area (Å²) < 4.78 is 5.87. The van der Waals surface area contributed by atoms with Gasteiger partial charge in [-0.15, -0.1) is 0 Å². The lowest BCUT2D eigenvalue weighted by Crippen LogP contribution is -2.37. The number of amides is 3. The summed E-state index contributed by atoms with van der Waals surface area (Å²) in [5.74, 6) is -0.320. The van der Waals surface area contributed by atoms with Crippen LogP contribution in [0.3, 0.4) is 0 Å². The Morgan fingerprint density at radius 2 is 1.45 bits per heavy atom. The zero-order valence-electron chi connectivity index (χ0n) is 15.7. The molecule has 6 heteroatoms. The monoisotopic (exact) mass is 386 g/mol. The second-order valence-corrected chi connectivity index (χ2v) is 6.70. The number of para-hydroxylation sites is 2. The number of nitrogens with zero attached hydrogens (tertiary/aromatic N) is 1. The van der Waals surface area contributed by atoms with Gasteiger partial charge in [-0.2, -0.15) is 0 Å². The highest BCUT2D eigenvalue weighted by Crippen LogP contribution is 2.29. The number of rotatable bonds is 5. The molecule has 0 spiro atoms. The van der Waals surface area contributed by atoms with Crippen molar-refractivity contribution >= 4 is 23.4 Å². The summed E-state index contributed by atoms with van der Waals surface area (Å²) in [5.41, 5.74) is 2.19. The first kappa shape index (κ1) is 18.4. The molecule has 0 aromatic heterocycles. The van der Waals surface area contributed by atoms with E-state index in [1.165, 1.54) is 0 Å². The highest BCUT2D eigenvalue weighted by Gasteiger charge is 2.36. The van der Waals surface area contributed by atoms with Crippen molar-refractivity contribution in [3.63, 3.8) is 0 Å². The SMILES string of the molecule is Cc1ccc(Oc2ccccc2NC(=O)CN2C(=O)c3ccccc3C2=O)cc1. The van der Waals surface area contributed by atoms with Crippen molar-refractivity contribution in [1.29, 1.82) is 0 Å². The van der Waals surface area contributed by atoms with Crippen LogP contribution in [0.2, 0.25) is 0 Å². The predicted octanol–water partition coefficient (Wildman–Crippen LogP) is 4.02. The fraction of sp³-hybridized carbons (Fsp3) is 0.0870. The Hall–Kier alpha value is -3.93. The molecule has 29 heavy (non-hydrogen) atoms. The quantitative estimate of drug-likeness (QED) is 0.672. The van der Waals surface area contributed by atoms with Gasteiger partial charge >= 0.3 is 0 Å². The van der Waals surface area contributed by atoms with Crippen molar-refractivity contribution in [3.05, 3.63) is 89.5 Å². The summed E-state index contributed by atoms with van der Waals surface area (Å²) in [5, 5.41) is 2.73. The molecule has 1 heterocycles. The average molecular weight is 386 g/mol. The molecule has 0 fully saturated rings. The van der Waals surface area contributed by atoms with Crippen LogP contribution in [-0.2, 0) is 4.79 Å². The van der Waals surface area contributed by atoms with Gasteiger partial charge in [0.25, 0.3) is 11.8 Å². The van der Waals surface area contributed by atoms with Crippen molar-refractivity contribution < 1.29 is 19.1 Å². The van der Waals surface area contributed by atoms with Crippen LogP contribution in [-0.4, -0.2) is 29.2 Å². The van der Waals surface area contributed by atoms with Gasteiger partial charge in [0.05, 0.1) is 16.8 Å². The number of aryl methyl sites for hydroxylation is 1. The van der Waals surface area contributed by atoms with Gasteiger partial charge in [-0.3, -0.25) is 19.3 Å². The van der Waals surface area contributed by atoms with Gasteiger partial charge in [0.2, 0.25) is 5.91 Å². The lowest BCUT2D eigenvalue weighted by Gasteiger charge is -2.15. The van der Waals surface area contributed by atoms with Gasteiger partial charge in [-0.05, 0) is 43.3 Å². The largest absolute Gasteiger partial charge is 0.455 e. The van der Waals surface area contributed by atoms with Crippen LogP contribution in [0, 0.1) is 6.92 Å². The van der Waals surface area contributed by atoms with Crippen molar-refractivity contribution in [3.8, 4) is 11.5 Å². The molecule has 0 aliphatic carbocycles. The Kier molecular flexibility index (Phi) is 4.83. The number of imide groups is 1. The molecule has 0 unspecified atom stereocenters. The normalized spacial score (nSPS) is 12.7. The molecule has 3 aromatic rings. The summed E-state index contributed by atoms with van der Waals surface area (Å²) in [4.78, 5) is 38.4. The van der Waals surface area contributed by atoms with Crippen LogP contribution in [0.1, 0.15) is 26.3 Å². The molecular formula is C23H18N2O4. The van der Waals surface area contributed by atoms with Crippen LogP contribution < -0.4 is 10.1 Å². The number of hydrogen-bond acceptors (Lipinski definition) is 4. The second kappa shape index (κ2) is 7.59. The zero-order chi connectivity index (χ0) is 20.4. The molecule has 3 aromatic carbocycles. The number of anilines is 1. The highest BCUT2D eigenvalue weighted by molar-refractivity contribution is 6.22. The molecule has 0 atom stereocenters. The summed E-state index contributed by atoms with van der Waals surface area (Å²) in [7, 11) is 0. The summed E-state index contributed by atoms with van der Waals surface area (Å²) in [6.07, 6.45) is 0. The number of benzene rings is 3. The van der Waals surface area contributed by atoms with E-state index in [1.54, 1.807) is 48.5 Å². The van der Waals surface area contributed by atoms with Crippen LogP contribution in [0.15, 0.2) is 72.8 Å². The van der Waals surface area contributed by atoms with Gasteiger partial charge in [-0.1, -0.05) is 42.0 Å². The van der Waals surface area contributed by atoms with Gasteiger partial charge in [0.1, 0.15) is 12.3 Å². The van der Waals surface area contributed by atoms with Crippen molar-refractivity contribution in [2.75, 3.05) is 11.9 Å². The van der Waals surface area contributed by atoms with Crippen molar-refractivity contribution in [1.82, 2.24) is 4.90 Å². The van der Waals surface area contributed by atoms with E-state index < -0.39 is 17.7 Å². The summed E-state index contributed by atoms with van der Waals surface area (Å²) in [6, 6.07) is 21.1. The minimum absolute atomic E-state index is 0.313. The molecule has 1 aliphatic rings. The third-order valence-corrected chi connectivity index (χ3v) is 4.59. The Morgan fingerprint density at radius 1 is 0.862 bits per heavy atom. The molecule has 6 nitrogen and oxygen atoms in total. The van der Waals surface area contributed by atoms with Gasteiger partial charge < -0.3 is 10.1 Å². The zero-order valence-corrected chi connectivity index (χ0v) is 15.7. The molecule has 4 rings (SSSR count). The second-order valence-electron chi connectivity index (χ2n) is 6.70. The molecule has 144 valence electrons. The van der Waals surface area contributed by atoms with Gasteiger partial charge in [-0.25, -0.2) is 0 Å². The third kappa shape index (κ3) is 3.73. The van der Waals surface area contributed by atoms with E-state index in [0.717, 1.165) is 10.5 Å². The molecule has 3 amide bonds. The Labute approximate surface area is 167 Å². The molecule has 0 saturated heterocycles. The highest BCUT2D eigenvalue weighted by atomic mass is 16.5. The van der Waals surface area contributed by atoms with E-state index in [4.69, 9.17) is 4.74 Å². The molecule has 1 aliphatic heterocycles. The van der Waals surface area contributed by atoms with E-state index in [-0.39, 0.29) is 6.54 Å². The Morgan fingerprint density at radius 3 is 2.10 bits per heavy atom. The van der Waals surface area contributed by atoms with Crippen molar-refractivity contribution in [2.45, 2.75) is 6.92 Å². The summed E-state index contributed by atoms with van der Waals surface area (Å²) in [6.45, 7) is 1.61. The van der Waals surface area contributed by atoms with E-state index in [0.29, 0.717) is 28.3 Å². The first-order chi connectivity index (χ1) is 14.0. The number of hydrogen-bond donors (Lipinski definition) is 1. The minimum Gasteiger partial charge on any atom is -0.455 e. The topological polar surface area (TPSA) is 75.7 Å². The number of ether oxygens (including phenoxy) is 1. The maximum Gasteiger partial charge on any atom is 0.262 e. The first-order valence-electron chi connectivity index (χ1n) is 9.11. The van der Waals surface area contributed by atoms with E-state index in [1.807, 2.05) is 31.2 Å². The number of carbonyl (C=O) groups is 3. The lowest BCUT2D eigenvalue weighted by atomic mass is 10.1. The van der Waals surface area contributed by atoms with Crippen LogP contribution >= 0.6 is 0 Å². The third-order valence-electron chi connectivity index (χ3n) is 4.59. The van der Waals surface area contributed by atoms with Gasteiger partial charge in [0.15, 0.2) is 5.75 Å². The van der Waals surface area contributed by atoms with E-state index >= 15 is 0 Å². The standard InChI is InChI=1S/C23H18N2O4/c1-15-10-12-16(13-11-15)29-20-9-5-4-8-19(20)24-21(26)14-25-22(27)17-6-2-3-7-18(17)23(25)28/h2-13H,14H2,1H3,(H,24,26). The number of nitrogens with one attached hydrogen (secondary N) is 1. The fourth-order valence-corrected chi connectivity index (χ4v) is 3.11. The van der Waals surface area contributed by atoms with E-state index in [9.17, 15) is 14.4 Å². The van der Waals surface area contributed by atoms with Crippen LogP contribution in [0.25, 0.3) is 0 Å².